The first-order valence-corrected chi connectivity index (χ1v) is 25.5. The number of nitrogens with zero attached hydrogens (tertiary/aromatic N) is 2. The summed E-state index contributed by atoms with van der Waals surface area (Å²) < 4.78 is 0. The van der Waals surface area contributed by atoms with E-state index in [1.54, 1.807) is 11.1 Å². The number of rotatable bonds is 2. The van der Waals surface area contributed by atoms with Gasteiger partial charge in [-0.2, -0.15) is 0 Å². The van der Waals surface area contributed by atoms with E-state index in [4.69, 9.17) is 0 Å². The van der Waals surface area contributed by atoms with Crippen molar-refractivity contribution in [1.82, 2.24) is 0 Å². The molecule has 0 spiro atoms. The Labute approximate surface area is 397 Å². The molecule has 336 valence electrons. The fourth-order valence-corrected chi connectivity index (χ4v) is 14.0. The zero-order valence-electron chi connectivity index (χ0n) is 42.6. The van der Waals surface area contributed by atoms with E-state index in [9.17, 15) is 0 Å². The van der Waals surface area contributed by atoms with E-state index in [-0.39, 0.29) is 39.2 Å². The second kappa shape index (κ2) is 13.4. The van der Waals surface area contributed by atoms with Crippen molar-refractivity contribution >= 4 is 57.2 Å². The Morgan fingerprint density at radius 3 is 1.48 bits per heavy atom. The summed E-state index contributed by atoms with van der Waals surface area (Å²) in [6, 6.07) is 37.7. The Balaban J connectivity index is 1.18. The van der Waals surface area contributed by atoms with Gasteiger partial charge in [-0.05, 0) is 217 Å². The zero-order valence-corrected chi connectivity index (χ0v) is 42.6. The molecular formula is C63H71BN2. The summed E-state index contributed by atoms with van der Waals surface area (Å²) in [5, 5.41) is 0. The van der Waals surface area contributed by atoms with Crippen LogP contribution >= 0.6 is 0 Å². The van der Waals surface area contributed by atoms with Crippen LogP contribution in [0.25, 0.3) is 11.1 Å². The van der Waals surface area contributed by atoms with Crippen LogP contribution in [-0.2, 0) is 38.9 Å². The molecule has 3 heteroatoms. The average Bonchev–Trinajstić information content (AvgIpc) is 3.61. The molecule has 0 radical (unpaired) electrons. The second-order valence-electron chi connectivity index (χ2n) is 25.9. The van der Waals surface area contributed by atoms with Gasteiger partial charge >= 0.3 is 0 Å². The molecule has 6 aromatic carbocycles. The van der Waals surface area contributed by atoms with Gasteiger partial charge in [0, 0.05) is 34.1 Å². The topological polar surface area (TPSA) is 6.48 Å². The molecule has 2 aliphatic heterocycles. The Hall–Kier alpha value is -5.02. The van der Waals surface area contributed by atoms with Crippen LogP contribution < -0.4 is 26.2 Å². The van der Waals surface area contributed by atoms with Gasteiger partial charge in [0.1, 0.15) is 0 Å². The van der Waals surface area contributed by atoms with E-state index < -0.39 is 0 Å². The second-order valence-corrected chi connectivity index (χ2v) is 25.9. The van der Waals surface area contributed by atoms with E-state index in [1.165, 1.54) is 145 Å². The first kappa shape index (κ1) is 42.3. The number of anilines is 6. The van der Waals surface area contributed by atoms with Gasteiger partial charge in [-0.3, -0.25) is 0 Å². The maximum Gasteiger partial charge on any atom is 0.252 e. The van der Waals surface area contributed by atoms with E-state index in [0.29, 0.717) is 0 Å². The smallest absolute Gasteiger partial charge is 0.252 e. The molecular weight excluding hydrogens is 796 g/mol. The summed E-state index contributed by atoms with van der Waals surface area (Å²) in [6.07, 6.45) is 8.22. The highest BCUT2D eigenvalue weighted by atomic mass is 15.2. The van der Waals surface area contributed by atoms with E-state index in [1.807, 2.05) is 0 Å². The van der Waals surface area contributed by atoms with Crippen molar-refractivity contribution in [2.45, 2.75) is 174 Å². The highest BCUT2D eigenvalue weighted by molar-refractivity contribution is 7.00. The molecule has 0 atom stereocenters. The average molecular weight is 867 g/mol. The van der Waals surface area contributed by atoms with E-state index >= 15 is 0 Å². The fourth-order valence-electron chi connectivity index (χ4n) is 14.0. The molecule has 4 aliphatic carbocycles. The third-order valence-electron chi connectivity index (χ3n) is 18.6. The molecule has 0 amide bonds. The Bertz CT molecular complexity index is 3110. The first-order chi connectivity index (χ1) is 31.0. The molecule has 6 aromatic rings. The number of para-hydroxylation sites is 1. The molecule has 0 unspecified atom stereocenters. The molecule has 2 heterocycles. The maximum atomic E-state index is 2.72. The number of hydrogen-bond donors (Lipinski definition) is 0. The van der Waals surface area contributed by atoms with Crippen molar-refractivity contribution in [3.05, 3.63) is 147 Å². The van der Waals surface area contributed by atoms with Crippen LogP contribution in [0, 0.1) is 13.8 Å². The lowest BCUT2D eigenvalue weighted by atomic mass is 9.33. The summed E-state index contributed by atoms with van der Waals surface area (Å²) in [5.41, 5.74) is 30.6. The molecule has 0 saturated carbocycles. The number of fused-ring (bicyclic) bond motifs is 10. The van der Waals surface area contributed by atoms with Crippen molar-refractivity contribution in [1.29, 1.82) is 0 Å². The lowest BCUT2D eigenvalue weighted by Gasteiger charge is -2.48. The fraction of sp³-hybridized carbons (Fsp3) is 0.429. The predicted molar refractivity (Wildman–Crippen MR) is 284 cm³/mol. The Kier molecular flexibility index (Phi) is 8.57. The largest absolute Gasteiger partial charge is 0.311 e. The first-order valence-electron chi connectivity index (χ1n) is 25.5. The molecule has 0 saturated heterocycles. The predicted octanol–water partition coefficient (Wildman–Crippen LogP) is 15.0. The van der Waals surface area contributed by atoms with Gasteiger partial charge in [0.25, 0.3) is 6.71 Å². The van der Waals surface area contributed by atoms with Crippen LogP contribution in [0.5, 0.6) is 0 Å². The van der Waals surface area contributed by atoms with Crippen LogP contribution in [-0.4, -0.2) is 6.71 Å². The third kappa shape index (κ3) is 5.86. The minimum Gasteiger partial charge on any atom is -0.311 e. The van der Waals surface area contributed by atoms with E-state index in [2.05, 4.69) is 198 Å². The van der Waals surface area contributed by atoms with Crippen molar-refractivity contribution < 1.29 is 0 Å². The quantitative estimate of drug-likeness (QED) is 0.160. The van der Waals surface area contributed by atoms with E-state index in [0.717, 1.165) is 6.42 Å². The summed E-state index contributed by atoms with van der Waals surface area (Å²) in [4.78, 5) is 5.38. The number of benzene rings is 6. The van der Waals surface area contributed by atoms with Crippen LogP contribution in [0.1, 0.15) is 177 Å². The molecule has 12 rings (SSSR count). The summed E-state index contributed by atoms with van der Waals surface area (Å²) >= 11 is 0. The molecule has 0 fully saturated rings. The lowest BCUT2D eigenvalue weighted by molar-refractivity contribution is 0.332. The van der Waals surface area contributed by atoms with Crippen molar-refractivity contribution in [2.24, 2.45) is 0 Å². The lowest BCUT2D eigenvalue weighted by Crippen LogP contribution is -2.62. The molecule has 66 heavy (non-hydrogen) atoms. The van der Waals surface area contributed by atoms with Gasteiger partial charge in [0.15, 0.2) is 0 Å². The van der Waals surface area contributed by atoms with Gasteiger partial charge in [-0.25, -0.2) is 0 Å². The zero-order chi connectivity index (χ0) is 46.4. The standard InChI is InChI=1S/C63H71BN2/c1-37-27-55-57-56(28-37)66(52-18-16-15-17-38(52)2)53-31-40-29-39-30-45-47(61(9,10)24-23-59(45,5)6)33-42(39)43(40)34-50(53)64(57)51-35-48-49(63(13,14)26-25-62(48,11)12)36-54(51)65(55)41-19-20-44-46(32-41)60(7,8)22-21-58(44,3)4/h15-20,27-28,30-36H,21-26,29H2,1-14H3. The van der Waals surface area contributed by atoms with Gasteiger partial charge in [-0.1, -0.05) is 132 Å². The third-order valence-corrected chi connectivity index (χ3v) is 18.6. The highest BCUT2D eigenvalue weighted by Crippen LogP contribution is 2.55. The molecule has 0 bridgehead atoms. The van der Waals surface area contributed by atoms with Crippen LogP contribution in [0.2, 0.25) is 0 Å². The van der Waals surface area contributed by atoms with Gasteiger partial charge in [-0.15, -0.1) is 0 Å². The van der Waals surface area contributed by atoms with Crippen LogP contribution in [0.4, 0.5) is 34.1 Å². The van der Waals surface area contributed by atoms with Crippen molar-refractivity contribution in [3.63, 3.8) is 0 Å². The van der Waals surface area contributed by atoms with Crippen molar-refractivity contribution in [3.8, 4) is 11.1 Å². The summed E-state index contributed by atoms with van der Waals surface area (Å²) in [5.74, 6) is 0. The minimum absolute atomic E-state index is 0.0682. The Morgan fingerprint density at radius 1 is 0.394 bits per heavy atom. The van der Waals surface area contributed by atoms with Gasteiger partial charge in [0.2, 0.25) is 0 Å². The molecule has 0 N–H and O–H groups in total. The van der Waals surface area contributed by atoms with Crippen LogP contribution in [0.15, 0.2) is 91.0 Å². The molecule has 2 nitrogen and oxygen atoms in total. The van der Waals surface area contributed by atoms with Gasteiger partial charge in [0.05, 0.1) is 0 Å². The maximum absolute atomic E-state index is 2.72. The SMILES string of the molecule is Cc1cc2c3c(c1)N(c1ccccc1C)c1cc4c(cc1B3c1cc3c(cc1N2c1ccc2c(c1)C(C)(C)CCC2(C)C)C(C)(C)CCC3(C)C)-c1cc2c(cc1C4)C(C)(C)CCC2(C)C. The Morgan fingerprint density at radius 2 is 0.864 bits per heavy atom. The highest BCUT2D eigenvalue weighted by Gasteiger charge is 2.48. The minimum atomic E-state index is 0.0682. The molecule has 0 aromatic heterocycles. The number of hydrogen-bond acceptors (Lipinski definition) is 2. The summed E-state index contributed by atoms with van der Waals surface area (Å²) in [6.45, 7) is 34.5. The van der Waals surface area contributed by atoms with Crippen molar-refractivity contribution in [2.75, 3.05) is 9.80 Å². The molecule has 6 aliphatic rings. The van der Waals surface area contributed by atoms with Gasteiger partial charge < -0.3 is 9.80 Å². The normalized spacial score (nSPS) is 21.1. The monoisotopic (exact) mass is 867 g/mol. The summed E-state index contributed by atoms with van der Waals surface area (Å²) in [7, 11) is 0. The number of aryl methyl sites for hydroxylation is 2. The van der Waals surface area contributed by atoms with Crippen LogP contribution in [0.3, 0.4) is 0 Å².